The number of carbonyl (C=O) groups excluding carboxylic acids is 1. The number of hydrogen-bond acceptors (Lipinski definition) is 5. The van der Waals surface area contributed by atoms with E-state index in [0.717, 1.165) is 67.2 Å². The van der Waals surface area contributed by atoms with Gasteiger partial charge >= 0.3 is 0 Å². The molecular weight excluding hydrogens is 402 g/mol. The van der Waals surface area contributed by atoms with Crippen LogP contribution in [0, 0.1) is 13.0 Å². The van der Waals surface area contributed by atoms with E-state index in [0.29, 0.717) is 17.1 Å². The summed E-state index contributed by atoms with van der Waals surface area (Å²) in [6, 6.07) is 14.3. The average molecular weight is 431 g/mol. The van der Waals surface area contributed by atoms with Crippen molar-refractivity contribution in [3.05, 3.63) is 65.0 Å². The van der Waals surface area contributed by atoms with E-state index in [1.54, 1.807) is 25.3 Å². The molecule has 0 N–H and O–H groups in total. The van der Waals surface area contributed by atoms with Crippen LogP contribution >= 0.6 is 0 Å². The lowest BCUT2D eigenvalue weighted by Crippen LogP contribution is -2.45. The highest BCUT2D eigenvalue weighted by Gasteiger charge is 2.28. The smallest absolute Gasteiger partial charge is 0.231 e. The lowest BCUT2D eigenvalue weighted by molar-refractivity contribution is 0.101. The van der Waals surface area contributed by atoms with Crippen molar-refractivity contribution in [1.29, 1.82) is 0 Å². The lowest BCUT2D eigenvalue weighted by Gasteiger charge is -2.32. The minimum atomic E-state index is -0.0883. The molecular formula is C26H28N3O3. The maximum absolute atomic E-state index is 12.9. The van der Waals surface area contributed by atoms with Crippen LogP contribution in [-0.2, 0) is 6.54 Å². The molecule has 0 aliphatic carbocycles. The van der Waals surface area contributed by atoms with Gasteiger partial charge in [0.1, 0.15) is 11.5 Å². The van der Waals surface area contributed by atoms with E-state index in [2.05, 4.69) is 40.5 Å². The Kier molecular flexibility index (Phi) is 5.49. The third-order valence-corrected chi connectivity index (χ3v) is 6.60. The number of hydrogen-bond donors (Lipinski definition) is 0. The van der Waals surface area contributed by atoms with Gasteiger partial charge in [-0.25, -0.2) is 0 Å². The van der Waals surface area contributed by atoms with Crippen molar-refractivity contribution in [2.45, 2.75) is 13.5 Å². The molecule has 3 aromatic rings. The van der Waals surface area contributed by atoms with Gasteiger partial charge in [-0.05, 0) is 56.4 Å². The Hall–Kier alpha value is -3.09. The SMILES string of the molecule is COc1ccc2c(c1)c(/C=C1\Oc3c[c]ccc3C1=O)c(C)n2CCN1CCN(C)CC1. The van der Waals surface area contributed by atoms with Gasteiger partial charge in [0.25, 0.3) is 0 Å². The Morgan fingerprint density at radius 1 is 1.16 bits per heavy atom. The van der Waals surface area contributed by atoms with Crippen LogP contribution in [0.5, 0.6) is 11.5 Å². The van der Waals surface area contributed by atoms with Gasteiger partial charge in [0.15, 0.2) is 5.76 Å². The van der Waals surface area contributed by atoms with Crippen LogP contribution in [0.3, 0.4) is 0 Å². The van der Waals surface area contributed by atoms with E-state index < -0.39 is 0 Å². The first kappa shape index (κ1) is 20.8. The fourth-order valence-electron chi connectivity index (χ4n) is 4.61. The number of fused-ring (bicyclic) bond motifs is 2. The quantitative estimate of drug-likeness (QED) is 0.579. The maximum atomic E-state index is 12.9. The molecule has 0 atom stereocenters. The molecule has 1 aromatic heterocycles. The van der Waals surface area contributed by atoms with Crippen molar-refractivity contribution < 1.29 is 14.3 Å². The van der Waals surface area contributed by atoms with Crippen LogP contribution in [0.4, 0.5) is 0 Å². The topological polar surface area (TPSA) is 46.9 Å². The zero-order chi connectivity index (χ0) is 22.2. The molecule has 0 unspecified atom stereocenters. The fraction of sp³-hybridized carbons (Fsp3) is 0.346. The normalized spacial score (nSPS) is 18.3. The molecule has 2 aliphatic heterocycles. The zero-order valence-corrected chi connectivity index (χ0v) is 18.9. The van der Waals surface area contributed by atoms with Crippen LogP contribution in [0.15, 0.2) is 42.2 Å². The second-order valence-corrected chi connectivity index (χ2v) is 8.54. The van der Waals surface area contributed by atoms with Crippen molar-refractivity contribution >= 4 is 22.8 Å². The molecule has 1 saturated heterocycles. The number of nitrogens with zero attached hydrogens (tertiary/aromatic N) is 3. The lowest BCUT2D eigenvalue weighted by atomic mass is 10.1. The Labute approximate surface area is 188 Å². The van der Waals surface area contributed by atoms with E-state index >= 15 is 0 Å². The monoisotopic (exact) mass is 430 g/mol. The van der Waals surface area contributed by atoms with Gasteiger partial charge in [-0.1, -0.05) is 6.07 Å². The molecule has 0 saturated carbocycles. The summed E-state index contributed by atoms with van der Waals surface area (Å²) in [7, 11) is 3.85. The molecule has 1 fully saturated rings. The summed E-state index contributed by atoms with van der Waals surface area (Å²) >= 11 is 0. The van der Waals surface area contributed by atoms with Crippen molar-refractivity contribution in [3.8, 4) is 11.5 Å². The van der Waals surface area contributed by atoms with Crippen LogP contribution in [0.25, 0.3) is 17.0 Å². The molecule has 2 aliphatic rings. The summed E-state index contributed by atoms with van der Waals surface area (Å²) in [4.78, 5) is 17.8. The second kappa shape index (κ2) is 8.45. The number of benzene rings is 2. The number of piperazine rings is 1. The molecule has 5 rings (SSSR count). The van der Waals surface area contributed by atoms with E-state index in [-0.39, 0.29) is 5.78 Å². The average Bonchev–Trinajstić information content (AvgIpc) is 3.27. The number of aromatic nitrogens is 1. The number of carbonyl (C=O) groups is 1. The summed E-state index contributed by atoms with van der Waals surface area (Å²) in [5, 5.41) is 1.06. The molecule has 3 heterocycles. The first-order valence-electron chi connectivity index (χ1n) is 11.1. The predicted octanol–water partition coefficient (Wildman–Crippen LogP) is 3.62. The van der Waals surface area contributed by atoms with Crippen LogP contribution in [0.2, 0.25) is 0 Å². The molecule has 0 bridgehead atoms. The van der Waals surface area contributed by atoms with Gasteiger partial charge in [-0.2, -0.15) is 0 Å². The van der Waals surface area contributed by atoms with E-state index in [4.69, 9.17) is 9.47 Å². The third kappa shape index (κ3) is 3.70. The standard InChI is InChI=1S/C26H28N3O3/c1-18-21(17-25-26(30)20-6-4-5-7-24(20)32-25)22-16-19(31-3)8-9-23(22)29(18)15-14-28-12-10-27(2)11-13-28/h4,6-9,16-17H,10-15H2,1-3H3/b25-17-. The number of methoxy groups -OCH3 is 1. The molecule has 1 radical (unpaired) electrons. The van der Waals surface area contributed by atoms with Gasteiger partial charge in [0.2, 0.25) is 5.78 Å². The van der Waals surface area contributed by atoms with Crippen LogP contribution in [-0.4, -0.2) is 67.0 Å². The minimum absolute atomic E-state index is 0.0883. The van der Waals surface area contributed by atoms with E-state index in [9.17, 15) is 4.79 Å². The van der Waals surface area contributed by atoms with Crippen molar-refractivity contribution in [3.63, 3.8) is 0 Å². The number of Topliss-reactive ketones (excluding diaryl/α,β-unsaturated/α-hetero) is 1. The molecule has 6 nitrogen and oxygen atoms in total. The highest BCUT2D eigenvalue weighted by atomic mass is 16.5. The predicted molar refractivity (Wildman–Crippen MR) is 125 cm³/mol. The Balaban J connectivity index is 1.51. The Morgan fingerprint density at radius 2 is 1.97 bits per heavy atom. The fourth-order valence-corrected chi connectivity index (χ4v) is 4.61. The Bertz CT molecular complexity index is 1200. The number of likely N-dealkylation sites (N-methyl/N-ethyl adjacent to an activating group) is 1. The van der Waals surface area contributed by atoms with Crippen LogP contribution < -0.4 is 9.47 Å². The molecule has 165 valence electrons. The largest absolute Gasteiger partial charge is 0.497 e. The first-order chi connectivity index (χ1) is 15.5. The summed E-state index contributed by atoms with van der Waals surface area (Å²) < 4.78 is 13.7. The van der Waals surface area contributed by atoms with E-state index in [1.165, 1.54) is 0 Å². The van der Waals surface area contributed by atoms with E-state index in [1.807, 2.05) is 18.2 Å². The molecule has 6 heteroatoms. The summed E-state index contributed by atoms with van der Waals surface area (Å²) in [6.07, 6.45) is 1.88. The number of ketones is 1. The summed E-state index contributed by atoms with van der Waals surface area (Å²) in [5.74, 6) is 1.63. The summed E-state index contributed by atoms with van der Waals surface area (Å²) in [6.45, 7) is 8.41. The first-order valence-corrected chi connectivity index (χ1v) is 11.1. The van der Waals surface area contributed by atoms with Gasteiger partial charge < -0.3 is 18.9 Å². The van der Waals surface area contributed by atoms with Crippen LogP contribution in [0.1, 0.15) is 21.6 Å². The van der Waals surface area contributed by atoms with Gasteiger partial charge in [-0.15, -0.1) is 0 Å². The number of ether oxygens (including phenoxy) is 2. The number of rotatable bonds is 5. The Morgan fingerprint density at radius 3 is 2.72 bits per heavy atom. The minimum Gasteiger partial charge on any atom is -0.497 e. The molecule has 32 heavy (non-hydrogen) atoms. The van der Waals surface area contributed by atoms with Gasteiger partial charge in [-0.3, -0.25) is 9.69 Å². The zero-order valence-electron chi connectivity index (χ0n) is 18.9. The van der Waals surface area contributed by atoms with Gasteiger partial charge in [0.05, 0.1) is 12.7 Å². The van der Waals surface area contributed by atoms with Crippen molar-refractivity contribution in [1.82, 2.24) is 14.4 Å². The molecule has 0 spiro atoms. The summed E-state index contributed by atoms with van der Waals surface area (Å²) in [5.41, 5.74) is 3.84. The maximum Gasteiger partial charge on any atom is 0.231 e. The van der Waals surface area contributed by atoms with Crippen molar-refractivity contribution in [2.24, 2.45) is 0 Å². The van der Waals surface area contributed by atoms with Gasteiger partial charge in [0, 0.05) is 61.4 Å². The third-order valence-electron chi connectivity index (χ3n) is 6.60. The molecule has 2 aromatic carbocycles. The second-order valence-electron chi connectivity index (χ2n) is 8.54. The van der Waals surface area contributed by atoms with Crippen molar-refractivity contribution in [2.75, 3.05) is 46.9 Å². The molecule has 0 amide bonds. The highest BCUT2D eigenvalue weighted by molar-refractivity contribution is 6.15. The highest BCUT2D eigenvalue weighted by Crippen LogP contribution is 2.35. The number of allylic oxidation sites excluding steroid dienone is 1.